The topological polar surface area (TPSA) is 55.1 Å². The van der Waals surface area contributed by atoms with Crippen LogP contribution in [0.3, 0.4) is 0 Å². The highest BCUT2D eigenvalue weighted by Gasteiger charge is 2.23. The second kappa shape index (κ2) is 6.23. The molecule has 1 aliphatic rings. The van der Waals surface area contributed by atoms with E-state index in [1.807, 2.05) is 19.1 Å². The molecule has 1 aromatic rings. The summed E-state index contributed by atoms with van der Waals surface area (Å²) in [6.07, 6.45) is 4.53. The minimum absolute atomic E-state index is 0.0198. The van der Waals surface area contributed by atoms with Crippen molar-refractivity contribution in [2.45, 2.75) is 45.2 Å². The molecule has 0 saturated heterocycles. The van der Waals surface area contributed by atoms with E-state index in [0.717, 1.165) is 5.56 Å². The Kier molecular flexibility index (Phi) is 4.61. The highest BCUT2D eigenvalue weighted by Crippen LogP contribution is 2.21. The lowest BCUT2D eigenvalue weighted by Gasteiger charge is -2.18. The molecule has 0 aromatic heterocycles. The predicted octanol–water partition coefficient (Wildman–Crippen LogP) is 2.89. The van der Waals surface area contributed by atoms with E-state index in [-0.39, 0.29) is 23.9 Å². The van der Waals surface area contributed by atoms with Gasteiger partial charge in [0.2, 0.25) is 5.91 Å². The van der Waals surface area contributed by atoms with Gasteiger partial charge in [-0.1, -0.05) is 50.3 Å². The van der Waals surface area contributed by atoms with E-state index in [1.54, 1.807) is 0 Å². The van der Waals surface area contributed by atoms with E-state index in [4.69, 9.17) is 5.73 Å². The number of hydrogen-bond acceptors (Lipinski definition) is 2. The summed E-state index contributed by atoms with van der Waals surface area (Å²) in [4.78, 5) is 12.1. The predicted molar refractivity (Wildman–Crippen MR) is 82.3 cm³/mol. The van der Waals surface area contributed by atoms with E-state index in [2.05, 4.69) is 43.4 Å². The van der Waals surface area contributed by atoms with Gasteiger partial charge in [0, 0.05) is 6.04 Å². The maximum absolute atomic E-state index is 12.1. The standard InChI is InChI=1S/C17H24N2O/c1-11(2)13-4-6-14(7-5-13)12(3)19-17(20)15-8-9-16(18)10-15/h4-9,11-12,15-16H,10,18H2,1-3H3,(H,19,20). The number of hydrogen-bond donors (Lipinski definition) is 2. The molecule has 0 spiro atoms. The molecular weight excluding hydrogens is 248 g/mol. The second-order valence-electron chi connectivity index (χ2n) is 5.94. The van der Waals surface area contributed by atoms with Crippen LogP contribution in [-0.4, -0.2) is 11.9 Å². The van der Waals surface area contributed by atoms with E-state index < -0.39 is 0 Å². The van der Waals surface area contributed by atoms with Gasteiger partial charge in [-0.2, -0.15) is 0 Å². The molecule has 1 aromatic carbocycles. The van der Waals surface area contributed by atoms with Gasteiger partial charge in [0.1, 0.15) is 0 Å². The van der Waals surface area contributed by atoms with Gasteiger partial charge in [0.15, 0.2) is 0 Å². The van der Waals surface area contributed by atoms with Crippen LogP contribution >= 0.6 is 0 Å². The van der Waals surface area contributed by atoms with E-state index in [1.165, 1.54) is 5.56 Å². The Morgan fingerprint density at radius 3 is 2.25 bits per heavy atom. The zero-order chi connectivity index (χ0) is 14.7. The molecule has 0 heterocycles. The van der Waals surface area contributed by atoms with Gasteiger partial charge in [-0.05, 0) is 30.4 Å². The number of amides is 1. The van der Waals surface area contributed by atoms with Crippen molar-refractivity contribution in [3.8, 4) is 0 Å². The molecule has 1 aliphatic carbocycles. The number of carbonyl (C=O) groups is 1. The van der Waals surface area contributed by atoms with Gasteiger partial charge >= 0.3 is 0 Å². The van der Waals surface area contributed by atoms with Crippen LogP contribution in [0.2, 0.25) is 0 Å². The Bertz CT molecular complexity index is 490. The zero-order valence-corrected chi connectivity index (χ0v) is 12.5. The number of nitrogens with one attached hydrogen (secondary N) is 1. The number of carbonyl (C=O) groups excluding carboxylic acids is 1. The van der Waals surface area contributed by atoms with Crippen molar-refractivity contribution in [1.29, 1.82) is 0 Å². The largest absolute Gasteiger partial charge is 0.349 e. The summed E-state index contributed by atoms with van der Waals surface area (Å²) < 4.78 is 0. The van der Waals surface area contributed by atoms with Crippen LogP contribution in [0, 0.1) is 5.92 Å². The third kappa shape index (κ3) is 3.48. The quantitative estimate of drug-likeness (QED) is 0.828. The van der Waals surface area contributed by atoms with Crippen LogP contribution in [0.25, 0.3) is 0 Å². The third-order valence-electron chi connectivity index (χ3n) is 3.92. The molecule has 0 aliphatic heterocycles. The minimum Gasteiger partial charge on any atom is -0.349 e. The SMILES string of the molecule is CC(C)c1ccc(C(C)NC(=O)C2C=CC(N)C2)cc1. The van der Waals surface area contributed by atoms with Gasteiger partial charge < -0.3 is 11.1 Å². The average molecular weight is 272 g/mol. The summed E-state index contributed by atoms with van der Waals surface area (Å²) in [6, 6.07) is 8.50. The molecule has 108 valence electrons. The van der Waals surface area contributed by atoms with Crippen molar-refractivity contribution in [1.82, 2.24) is 5.32 Å². The lowest BCUT2D eigenvalue weighted by atomic mass is 9.99. The van der Waals surface area contributed by atoms with Crippen molar-refractivity contribution in [2.75, 3.05) is 0 Å². The minimum atomic E-state index is -0.0811. The Balaban J connectivity index is 1.96. The Hall–Kier alpha value is -1.61. The van der Waals surface area contributed by atoms with Crippen LogP contribution in [0.1, 0.15) is 50.3 Å². The molecule has 2 rings (SSSR count). The summed E-state index contributed by atoms with van der Waals surface area (Å²) >= 11 is 0. The smallest absolute Gasteiger partial charge is 0.227 e. The fraction of sp³-hybridized carbons (Fsp3) is 0.471. The fourth-order valence-electron chi connectivity index (χ4n) is 2.49. The monoisotopic (exact) mass is 272 g/mol. The van der Waals surface area contributed by atoms with Crippen molar-refractivity contribution in [2.24, 2.45) is 11.7 Å². The molecular formula is C17H24N2O. The third-order valence-corrected chi connectivity index (χ3v) is 3.92. The Labute approximate surface area is 121 Å². The van der Waals surface area contributed by atoms with Crippen LogP contribution in [0.15, 0.2) is 36.4 Å². The van der Waals surface area contributed by atoms with Crippen LogP contribution in [0.4, 0.5) is 0 Å². The molecule has 1 amide bonds. The summed E-state index contributed by atoms with van der Waals surface area (Å²) in [7, 11) is 0. The van der Waals surface area contributed by atoms with E-state index >= 15 is 0 Å². The van der Waals surface area contributed by atoms with Gasteiger partial charge in [0.05, 0.1) is 12.0 Å². The second-order valence-corrected chi connectivity index (χ2v) is 5.94. The van der Waals surface area contributed by atoms with Crippen molar-refractivity contribution in [3.63, 3.8) is 0 Å². The first-order valence-corrected chi connectivity index (χ1v) is 7.31. The summed E-state index contributed by atoms with van der Waals surface area (Å²) in [5.74, 6) is 0.510. The average Bonchev–Trinajstić information content (AvgIpc) is 2.85. The molecule has 3 unspecified atom stereocenters. The van der Waals surface area contributed by atoms with Gasteiger partial charge in [-0.25, -0.2) is 0 Å². The molecule has 20 heavy (non-hydrogen) atoms. The van der Waals surface area contributed by atoms with E-state index in [0.29, 0.717) is 12.3 Å². The van der Waals surface area contributed by atoms with E-state index in [9.17, 15) is 4.79 Å². The van der Waals surface area contributed by atoms with Gasteiger partial charge in [-0.15, -0.1) is 0 Å². The number of benzene rings is 1. The van der Waals surface area contributed by atoms with Gasteiger partial charge in [-0.3, -0.25) is 4.79 Å². The first-order valence-electron chi connectivity index (χ1n) is 7.31. The van der Waals surface area contributed by atoms with Crippen molar-refractivity contribution in [3.05, 3.63) is 47.5 Å². The summed E-state index contributed by atoms with van der Waals surface area (Å²) in [5, 5.41) is 3.06. The Morgan fingerprint density at radius 2 is 1.75 bits per heavy atom. The molecule has 0 bridgehead atoms. The van der Waals surface area contributed by atoms with Crippen molar-refractivity contribution < 1.29 is 4.79 Å². The molecule has 3 atom stereocenters. The first-order chi connectivity index (χ1) is 9.47. The molecule has 0 fully saturated rings. The van der Waals surface area contributed by atoms with Crippen LogP contribution < -0.4 is 11.1 Å². The molecule has 0 radical (unpaired) electrons. The zero-order valence-electron chi connectivity index (χ0n) is 12.5. The maximum Gasteiger partial charge on any atom is 0.227 e. The lowest BCUT2D eigenvalue weighted by Crippen LogP contribution is -2.32. The van der Waals surface area contributed by atoms with Crippen LogP contribution in [0.5, 0.6) is 0 Å². The van der Waals surface area contributed by atoms with Crippen molar-refractivity contribution >= 4 is 5.91 Å². The molecule has 3 heteroatoms. The van der Waals surface area contributed by atoms with Crippen LogP contribution in [-0.2, 0) is 4.79 Å². The number of rotatable bonds is 4. The highest BCUT2D eigenvalue weighted by molar-refractivity contribution is 5.81. The van der Waals surface area contributed by atoms with Gasteiger partial charge in [0.25, 0.3) is 0 Å². The molecule has 3 N–H and O–H groups in total. The first kappa shape index (κ1) is 14.8. The summed E-state index contributed by atoms with van der Waals surface area (Å²) in [6.45, 7) is 6.37. The molecule has 3 nitrogen and oxygen atoms in total. The summed E-state index contributed by atoms with van der Waals surface area (Å²) in [5.41, 5.74) is 8.23. The number of nitrogens with two attached hydrogens (primary N) is 1. The molecule has 0 saturated carbocycles. The fourth-order valence-corrected chi connectivity index (χ4v) is 2.49. The highest BCUT2D eigenvalue weighted by atomic mass is 16.1. The normalized spacial score (nSPS) is 23.1. The maximum atomic E-state index is 12.1. The lowest BCUT2D eigenvalue weighted by molar-refractivity contribution is -0.124. The Morgan fingerprint density at radius 1 is 1.15 bits per heavy atom.